The van der Waals surface area contributed by atoms with Crippen molar-refractivity contribution in [1.29, 1.82) is 0 Å². The summed E-state index contributed by atoms with van der Waals surface area (Å²) in [5, 5.41) is 9.52. The summed E-state index contributed by atoms with van der Waals surface area (Å²) in [6, 6.07) is 22.3. The van der Waals surface area contributed by atoms with Crippen molar-refractivity contribution in [3.63, 3.8) is 0 Å². The molecule has 0 heterocycles. The highest BCUT2D eigenvalue weighted by molar-refractivity contribution is 6.06. The predicted octanol–water partition coefficient (Wildman–Crippen LogP) is 5.29. The molecule has 0 bridgehead atoms. The predicted molar refractivity (Wildman–Crippen MR) is 122 cm³/mol. The molecular weight excluding hydrogens is 390 g/mol. The number of anilines is 1. The third-order valence-corrected chi connectivity index (χ3v) is 5.46. The molecular formula is C26H27NO4. The molecule has 160 valence electrons. The third-order valence-electron chi connectivity index (χ3n) is 5.46. The molecule has 0 radical (unpaired) electrons. The fourth-order valence-electron chi connectivity index (χ4n) is 3.74. The maximum Gasteiger partial charge on any atom is 0.310 e. The molecule has 1 N–H and O–H groups in total. The Hall–Kier alpha value is -3.60. The number of amides is 1. The lowest BCUT2D eigenvalue weighted by Gasteiger charge is -2.26. The second-order valence-corrected chi connectivity index (χ2v) is 7.36. The topological polar surface area (TPSA) is 66.8 Å². The van der Waals surface area contributed by atoms with Crippen LogP contribution in [0, 0.1) is 0 Å². The minimum absolute atomic E-state index is 0.149. The van der Waals surface area contributed by atoms with Gasteiger partial charge in [-0.05, 0) is 60.4 Å². The molecule has 1 unspecified atom stereocenters. The van der Waals surface area contributed by atoms with Crippen LogP contribution in [0.4, 0.5) is 5.69 Å². The number of carbonyl (C=O) groups excluding carboxylic acids is 1. The summed E-state index contributed by atoms with van der Waals surface area (Å²) in [4.78, 5) is 26.8. The van der Waals surface area contributed by atoms with Crippen molar-refractivity contribution in [2.24, 2.45) is 0 Å². The fraction of sp³-hybridized carbons (Fsp3) is 0.231. The third kappa shape index (κ3) is 4.94. The first-order chi connectivity index (χ1) is 15.0. The van der Waals surface area contributed by atoms with Gasteiger partial charge >= 0.3 is 5.97 Å². The lowest BCUT2D eigenvalue weighted by atomic mass is 9.90. The molecule has 31 heavy (non-hydrogen) atoms. The van der Waals surface area contributed by atoms with Crippen molar-refractivity contribution >= 4 is 17.6 Å². The molecule has 0 aliphatic heterocycles. The van der Waals surface area contributed by atoms with Gasteiger partial charge in [0.15, 0.2) is 0 Å². The Morgan fingerprint density at radius 1 is 1.00 bits per heavy atom. The number of hydrogen-bond acceptors (Lipinski definition) is 3. The smallest absolute Gasteiger partial charge is 0.310 e. The van der Waals surface area contributed by atoms with Gasteiger partial charge in [0, 0.05) is 11.3 Å². The Bertz CT molecular complexity index is 1060. The van der Waals surface area contributed by atoms with Crippen molar-refractivity contribution in [3.8, 4) is 5.75 Å². The van der Waals surface area contributed by atoms with Crippen LogP contribution in [0.15, 0.2) is 72.8 Å². The van der Waals surface area contributed by atoms with E-state index in [9.17, 15) is 14.7 Å². The van der Waals surface area contributed by atoms with Crippen LogP contribution >= 0.6 is 0 Å². The fourth-order valence-corrected chi connectivity index (χ4v) is 3.74. The van der Waals surface area contributed by atoms with E-state index in [4.69, 9.17) is 4.74 Å². The molecule has 0 saturated carbocycles. The number of methoxy groups -OCH3 is 1. The zero-order valence-electron chi connectivity index (χ0n) is 18.0. The minimum atomic E-state index is -0.862. The number of hydrogen-bond donors (Lipinski definition) is 1. The number of carboxylic acids is 1. The molecule has 3 aromatic rings. The van der Waals surface area contributed by atoms with Gasteiger partial charge in [0.05, 0.1) is 19.6 Å². The van der Waals surface area contributed by atoms with Crippen LogP contribution in [0.2, 0.25) is 0 Å². The average Bonchev–Trinajstić information content (AvgIpc) is 2.81. The van der Waals surface area contributed by atoms with E-state index in [1.165, 1.54) is 0 Å². The number of para-hydroxylation sites is 1. The zero-order chi connectivity index (χ0) is 22.4. The zero-order valence-corrected chi connectivity index (χ0v) is 18.0. The minimum Gasteiger partial charge on any atom is -0.497 e. The Labute approximate surface area is 182 Å². The first-order valence-electron chi connectivity index (χ1n) is 10.3. The summed E-state index contributed by atoms with van der Waals surface area (Å²) < 4.78 is 5.28. The number of ether oxygens (including phenoxy) is 1. The van der Waals surface area contributed by atoms with E-state index < -0.39 is 11.9 Å². The van der Waals surface area contributed by atoms with Crippen LogP contribution in [-0.2, 0) is 17.8 Å². The molecule has 0 aliphatic carbocycles. The van der Waals surface area contributed by atoms with Gasteiger partial charge in [-0.25, -0.2) is 0 Å². The monoisotopic (exact) mass is 417 g/mol. The quantitative estimate of drug-likeness (QED) is 0.541. The maximum absolute atomic E-state index is 13.5. The van der Waals surface area contributed by atoms with E-state index in [0.29, 0.717) is 24.3 Å². The highest BCUT2D eigenvalue weighted by Crippen LogP contribution is 2.28. The van der Waals surface area contributed by atoms with E-state index in [1.54, 1.807) is 43.2 Å². The van der Waals surface area contributed by atoms with Gasteiger partial charge in [0.25, 0.3) is 5.91 Å². The van der Waals surface area contributed by atoms with E-state index in [1.807, 2.05) is 55.5 Å². The number of nitrogens with zero attached hydrogens (tertiary/aromatic N) is 1. The standard InChI is InChI=1S/C26H27NO4/c1-4-23-20(11-9-15-24(23)18(2)26(29)30)17-27(21-12-6-5-7-13-21)25(28)19-10-8-14-22(16-19)31-3/h5-16,18H,4,17H2,1-3H3,(H,29,30). The largest absolute Gasteiger partial charge is 0.497 e. The van der Waals surface area contributed by atoms with E-state index >= 15 is 0 Å². The molecule has 0 fully saturated rings. The highest BCUT2D eigenvalue weighted by atomic mass is 16.5. The lowest BCUT2D eigenvalue weighted by molar-refractivity contribution is -0.138. The number of aliphatic carboxylic acids is 1. The van der Waals surface area contributed by atoms with Gasteiger partial charge in [-0.15, -0.1) is 0 Å². The van der Waals surface area contributed by atoms with Crippen molar-refractivity contribution in [3.05, 3.63) is 95.1 Å². The SMILES string of the molecule is CCc1c(CN(C(=O)c2cccc(OC)c2)c2ccccc2)cccc1C(C)C(=O)O. The van der Waals surface area contributed by atoms with Crippen LogP contribution < -0.4 is 9.64 Å². The molecule has 0 spiro atoms. The molecule has 0 aliphatic rings. The van der Waals surface area contributed by atoms with Crippen LogP contribution in [0.3, 0.4) is 0 Å². The highest BCUT2D eigenvalue weighted by Gasteiger charge is 2.23. The molecule has 0 aromatic heterocycles. The first-order valence-corrected chi connectivity index (χ1v) is 10.3. The van der Waals surface area contributed by atoms with E-state index in [-0.39, 0.29) is 5.91 Å². The normalized spacial score (nSPS) is 11.6. The van der Waals surface area contributed by atoms with E-state index in [2.05, 4.69) is 0 Å². The molecule has 5 heteroatoms. The van der Waals surface area contributed by atoms with Gasteiger partial charge in [-0.1, -0.05) is 49.4 Å². The van der Waals surface area contributed by atoms with Crippen LogP contribution in [0.5, 0.6) is 5.75 Å². The van der Waals surface area contributed by atoms with Gasteiger partial charge in [-0.2, -0.15) is 0 Å². The van der Waals surface area contributed by atoms with Crippen LogP contribution in [0.25, 0.3) is 0 Å². The Balaban J connectivity index is 2.05. The molecule has 0 saturated heterocycles. The molecule has 3 aromatic carbocycles. The summed E-state index contributed by atoms with van der Waals surface area (Å²) in [6.07, 6.45) is 0.680. The van der Waals surface area contributed by atoms with E-state index in [0.717, 1.165) is 22.4 Å². The summed E-state index contributed by atoms with van der Waals surface area (Å²) in [5.74, 6) is -1.01. The number of benzene rings is 3. The number of rotatable bonds is 8. The lowest BCUT2D eigenvalue weighted by Crippen LogP contribution is -2.31. The summed E-state index contributed by atoms with van der Waals surface area (Å²) in [7, 11) is 1.57. The van der Waals surface area contributed by atoms with Crippen LogP contribution in [-0.4, -0.2) is 24.1 Å². The molecule has 3 rings (SSSR count). The number of carboxylic acid groups (broad SMARTS) is 1. The summed E-state index contributed by atoms with van der Waals surface area (Å²) in [6.45, 7) is 4.04. The second kappa shape index (κ2) is 9.94. The summed E-state index contributed by atoms with van der Waals surface area (Å²) in [5.41, 5.74) is 3.99. The first kappa shape index (κ1) is 22.1. The second-order valence-electron chi connectivity index (χ2n) is 7.36. The Morgan fingerprint density at radius 3 is 2.35 bits per heavy atom. The maximum atomic E-state index is 13.5. The van der Waals surface area contributed by atoms with Crippen molar-refractivity contribution in [2.45, 2.75) is 32.7 Å². The van der Waals surface area contributed by atoms with Crippen molar-refractivity contribution < 1.29 is 19.4 Å². The summed E-state index contributed by atoms with van der Waals surface area (Å²) >= 11 is 0. The van der Waals surface area contributed by atoms with Crippen molar-refractivity contribution in [2.75, 3.05) is 12.0 Å². The number of carbonyl (C=O) groups is 2. The van der Waals surface area contributed by atoms with Crippen molar-refractivity contribution in [1.82, 2.24) is 0 Å². The van der Waals surface area contributed by atoms with Gasteiger partial charge in [-0.3, -0.25) is 9.59 Å². The average molecular weight is 418 g/mol. The Kier molecular flexibility index (Phi) is 7.08. The molecule has 5 nitrogen and oxygen atoms in total. The van der Waals surface area contributed by atoms with Crippen LogP contribution in [0.1, 0.15) is 46.8 Å². The molecule has 1 amide bonds. The molecule has 1 atom stereocenters. The van der Waals surface area contributed by atoms with Gasteiger partial charge in [0.1, 0.15) is 5.75 Å². The Morgan fingerprint density at radius 2 is 1.71 bits per heavy atom. The van der Waals surface area contributed by atoms with Gasteiger partial charge < -0.3 is 14.7 Å². The van der Waals surface area contributed by atoms with Gasteiger partial charge in [0.2, 0.25) is 0 Å².